The van der Waals surface area contributed by atoms with Gasteiger partial charge in [0.1, 0.15) is 5.60 Å². The molecule has 2 unspecified atom stereocenters. The number of nitrogens with zero attached hydrogens (tertiary/aromatic N) is 1. The third-order valence-corrected chi connectivity index (χ3v) is 4.11. The van der Waals surface area contributed by atoms with Crippen molar-refractivity contribution in [3.63, 3.8) is 0 Å². The number of hydrogen-bond acceptors (Lipinski definition) is 3. The second kappa shape index (κ2) is 6.88. The number of aliphatic hydroxyl groups is 1. The van der Waals surface area contributed by atoms with Crippen molar-refractivity contribution in [1.29, 1.82) is 0 Å². The molecule has 0 saturated carbocycles. The Bertz CT molecular complexity index is 527. The summed E-state index contributed by atoms with van der Waals surface area (Å²) in [5.74, 6) is 0. The summed E-state index contributed by atoms with van der Waals surface area (Å²) in [5.41, 5.74) is 0.200. The molecule has 1 N–H and O–H groups in total. The van der Waals surface area contributed by atoms with Crippen LogP contribution < -0.4 is 0 Å². The van der Waals surface area contributed by atoms with Gasteiger partial charge < -0.3 is 14.7 Å². The molecule has 1 aromatic carbocycles. The number of likely N-dealkylation sites (tertiary alicyclic amines) is 1. The SMILES string of the molecule is CC(C)(C)OC(=O)N1CCCC1CC(O)c1ccccc1Cl. The Morgan fingerprint density at radius 2 is 2.14 bits per heavy atom. The monoisotopic (exact) mass is 325 g/mol. The molecule has 0 radical (unpaired) electrons. The number of hydrogen-bond donors (Lipinski definition) is 1. The maximum absolute atomic E-state index is 12.3. The predicted molar refractivity (Wildman–Crippen MR) is 87.0 cm³/mol. The molecule has 2 rings (SSSR count). The van der Waals surface area contributed by atoms with Gasteiger partial charge in [0.25, 0.3) is 0 Å². The molecule has 5 heteroatoms. The summed E-state index contributed by atoms with van der Waals surface area (Å²) < 4.78 is 5.44. The highest BCUT2D eigenvalue weighted by Crippen LogP contribution is 2.31. The maximum Gasteiger partial charge on any atom is 0.410 e. The Morgan fingerprint density at radius 1 is 1.45 bits per heavy atom. The smallest absolute Gasteiger partial charge is 0.410 e. The van der Waals surface area contributed by atoms with Gasteiger partial charge in [-0.25, -0.2) is 4.79 Å². The summed E-state index contributed by atoms with van der Waals surface area (Å²) in [6.45, 7) is 6.24. The summed E-state index contributed by atoms with van der Waals surface area (Å²) in [6, 6.07) is 7.26. The molecule has 1 heterocycles. The molecule has 22 heavy (non-hydrogen) atoms. The van der Waals surface area contributed by atoms with Crippen LogP contribution in [-0.2, 0) is 4.74 Å². The minimum atomic E-state index is -0.679. The van der Waals surface area contributed by atoms with E-state index in [1.807, 2.05) is 39.0 Å². The van der Waals surface area contributed by atoms with Gasteiger partial charge in [0, 0.05) is 17.6 Å². The van der Waals surface area contributed by atoms with E-state index in [-0.39, 0.29) is 12.1 Å². The van der Waals surface area contributed by atoms with Crippen LogP contribution in [0.4, 0.5) is 4.79 Å². The van der Waals surface area contributed by atoms with Crippen LogP contribution in [0.5, 0.6) is 0 Å². The van der Waals surface area contributed by atoms with Gasteiger partial charge in [-0.3, -0.25) is 0 Å². The van der Waals surface area contributed by atoms with Gasteiger partial charge in [-0.2, -0.15) is 0 Å². The lowest BCUT2D eigenvalue weighted by molar-refractivity contribution is 0.0178. The van der Waals surface area contributed by atoms with Crippen LogP contribution in [0.15, 0.2) is 24.3 Å². The predicted octanol–water partition coefficient (Wildman–Crippen LogP) is 4.16. The molecular formula is C17H24ClNO3. The number of carbonyl (C=O) groups excluding carboxylic acids is 1. The standard InChI is InChI=1S/C17H24ClNO3/c1-17(2,3)22-16(21)19-10-6-7-12(19)11-15(20)13-8-4-5-9-14(13)18/h4-5,8-9,12,15,20H,6-7,10-11H2,1-3H3. The fraction of sp³-hybridized carbons (Fsp3) is 0.588. The summed E-state index contributed by atoms with van der Waals surface area (Å²) in [5, 5.41) is 11.0. The number of halogens is 1. The molecule has 4 nitrogen and oxygen atoms in total. The topological polar surface area (TPSA) is 49.8 Å². The van der Waals surface area contributed by atoms with E-state index in [4.69, 9.17) is 16.3 Å². The van der Waals surface area contributed by atoms with Gasteiger partial charge in [-0.1, -0.05) is 29.8 Å². The van der Waals surface area contributed by atoms with Crippen LogP contribution >= 0.6 is 11.6 Å². The zero-order valence-electron chi connectivity index (χ0n) is 13.4. The average Bonchev–Trinajstić information content (AvgIpc) is 2.85. The van der Waals surface area contributed by atoms with E-state index in [9.17, 15) is 9.90 Å². The normalized spacial score (nSPS) is 20.0. The molecule has 0 bridgehead atoms. The minimum absolute atomic E-state index is 0.0128. The molecule has 0 aromatic heterocycles. The van der Waals surface area contributed by atoms with Gasteiger partial charge in [-0.15, -0.1) is 0 Å². The van der Waals surface area contributed by atoms with Crippen molar-refractivity contribution in [2.24, 2.45) is 0 Å². The Balaban J connectivity index is 2.02. The van der Waals surface area contributed by atoms with Crippen LogP contribution in [0.25, 0.3) is 0 Å². The second-order valence-electron chi connectivity index (χ2n) is 6.74. The first-order valence-electron chi connectivity index (χ1n) is 7.70. The van der Waals surface area contributed by atoms with Crippen molar-refractivity contribution in [2.75, 3.05) is 6.54 Å². The molecule has 1 amide bonds. The summed E-state index contributed by atoms with van der Waals surface area (Å²) in [4.78, 5) is 14.0. The van der Waals surface area contributed by atoms with Gasteiger partial charge in [-0.05, 0) is 51.7 Å². The number of rotatable bonds is 3. The van der Waals surface area contributed by atoms with Gasteiger partial charge in [0.05, 0.1) is 6.10 Å². The first-order chi connectivity index (χ1) is 10.3. The molecule has 122 valence electrons. The number of aliphatic hydroxyl groups excluding tert-OH is 1. The van der Waals surface area contributed by atoms with Crippen molar-refractivity contribution in [3.05, 3.63) is 34.9 Å². The van der Waals surface area contributed by atoms with E-state index in [0.29, 0.717) is 23.6 Å². The Labute approximate surface area is 137 Å². The van der Waals surface area contributed by atoms with Crippen LogP contribution in [-0.4, -0.2) is 34.3 Å². The highest BCUT2D eigenvalue weighted by Gasteiger charge is 2.33. The zero-order chi connectivity index (χ0) is 16.3. The third-order valence-electron chi connectivity index (χ3n) is 3.76. The summed E-state index contributed by atoms with van der Waals surface area (Å²) >= 11 is 6.13. The van der Waals surface area contributed by atoms with Gasteiger partial charge in [0.15, 0.2) is 0 Å². The number of ether oxygens (including phenoxy) is 1. The number of benzene rings is 1. The summed E-state index contributed by atoms with van der Waals surface area (Å²) in [7, 11) is 0. The molecule has 0 spiro atoms. The van der Waals surface area contributed by atoms with Crippen LogP contribution in [0.3, 0.4) is 0 Å². The van der Waals surface area contributed by atoms with Crippen LogP contribution in [0, 0.1) is 0 Å². The third kappa shape index (κ3) is 4.37. The molecule has 0 aliphatic carbocycles. The quantitative estimate of drug-likeness (QED) is 0.907. The van der Waals surface area contributed by atoms with Crippen LogP contribution in [0.1, 0.15) is 51.7 Å². The molecule has 1 aliphatic heterocycles. The Hall–Kier alpha value is -1.26. The Kier molecular flexibility index (Phi) is 5.35. The average molecular weight is 326 g/mol. The number of carbonyl (C=O) groups is 1. The lowest BCUT2D eigenvalue weighted by Gasteiger charge is -2.29. The minimum Gasteiger partial charge on any atom is -0.444 e. The fourth-order valence-corrected chi connectivity index (χ4v) is 3.03. The van der Waals surface area contributed by atoms with Crippen molar-refractivity contribution >= 4 is 17.7 Å². The van der Waals surface area contributed by atoms with E-state index in [1.54, 1.807) is 11.0 Å². The first kappa shape index (κ1) is 17.1. The molecule has 1 aromatic rings. The van der Waals surface area contributed by atoms with Gasteiger partial charge in [0.2, 0.25) is 0 Å². The van der Waals surface area contributed by atoms with Crippen molar-refractivity contribution in [1.82, 2.24) is 4.90 Å². The fourth-order valence-electron chi connectivity index (χ4n) is 2.77. The molecule has 1 aliphatic rings. The number of amides is 1. The zero-order valence-corrected chi connectivity index (χ0v) is 14.1. The molecular weight excluding hydrogens is 302 g/mol. The Morgan fingerprint density at radius 3 is 2.77 bits per heavy atom. The van der Waals surface area contributed by atoms with E-state index in [1.165, 1.54) is 0 Å². The molecule has 2 atom stereocenters. The van der Waals surface area contributed by atoms with E-state index >= 15 is 0 Å². The van der Waals surface area contributed by atoms with Gasteiger partial charge >= 0.3 is 6.09 Å². The summed E-state index contributed by atoms with van der Waals surface area (Å²) in [6.07, 6.45) is 1.30. The lowest BCUT2D eigenvalue weighted by atomic mass is 10.0. The largest absolute Gasteiger partial charge is 0.444 e. The lowest BCUT2D eigenvalue weighted by Crippen LogP contribution is -2.40. The van der Waals surface area contributed by atoms with Crippen molar-refractivity contribution < 1.29 is 14.6 Å². The maximum atomic E-state index is 12.3. The molecule has 1 fully saturated rings. The van der Waals surface area contributed by atoms with E-state index in [0.717, 1.165) is 12.8 Å². The second-order valence-corrected chi connectivity index (χ2v) is 7.15. The first-order valence-corrected chi connectivity index (χ1v) is 8.08. The van der Waals surface area contributed by atoms with E-state index < -0.39 is 11.7 Å². The van der Waals surface area contributed by atoms with Crippen molar-refractivity contribution in [3.8, 4) is 0 Å². The molecule has 1 saturated heterocycles. The highest BCUT2D eigenvalue weighted by atomic mass is 35.5. The van der Waals surface area contributed by atoms with E-state index in [2.05, 4.69) is 0 Å². The van der Waals surface area contributed by atoms with Crippen LogP contribution in [0.2, 0.25) is 5.02 Å². The van der Waals surface area contributed by atoms with Crippen molar-refractivity contribution in [2.45, 2.75) is 57.8 Å². The highest BCUT2D eigenvalue weighted by molar-refractivity contribution is 6.31.